The minimum absolute atomic E-state index is 0.00463. The number of carbonyl (C=O) groups is 1. The maximum atomic E-state index is 12.8. The number of benzene rings is 2. The quantitative estimate of drug-likeness (QED) is 0.725. The van der Waals surface area contributed by atoms with Crippen LogP contribution in [0.3, 0.4) is 0 Å². The summed E-state index contributed by atoms with van der Waals surface area (Å²) in [7, 11) is -3.31. The number of sulfone groups is 1. The topological polar surface area (TPSA) is 54.5 Å². The molecule has 0 unspecified atom stereocenters. The molecule has 3 rings (SSSR count). The highest BCUT2D eigenvalue weighted by Crippen LogP contribution is 2.24. The number of nitrogens with zero attached hydrogens (tertiary/aromatic N) is 1. The van der Waals surface area contributed by atoms with Crippen molar-refractivity contribution in [3.63, 3.8) is 0 Å². The van der Waals surface area contributed by atoms with Gasteiger partial charge in [0.25, 0.3) is 5.91 Å². The molecule has 0 spiro atoms. The minimum atomic E-state index is -3.31. The first-order valence-corrected chi connectivity index (χ1v) is 11.6. The van der Waals surface area contributed by atoms with Crippen molar-refractivity contribution in [1.82, 2.24) is 4.90 Å². The third-order valence-corrected chi connectivity index (χ3v) is 7.81. The van der Waals surface area contributed by atoms with Gasteiger partial charge in [-0.3, -0.25) is 4.79 Å². The molecular formula is C23H29NO3S. The molecule has 1 amide bonds. The molecule has 4 nitrogen and oxygen atoms in total. The summed E-state index contributed by atoms with van der Waals surface area (Å²) in [5.74, 6) is 0.651. The van der Waals surface area contributed by atoms with E-state index < -0.39 is 15.1 Å². The molecule has 0 bridgehead atoms. The van der Waals surface area contributed by atoms with Crippen molar-refractivity contribution in [2.75, 3.05) is 13.1 Å². The zero-order valence-corrected chi connectivity index (χ0v) is 17.5. The SMILES string of the molecule is CC(C)S(=O)(=O)c1ccc(C(=O)N2CCC(CCc3ccccc3)CC2)cc1. The molecule has 0 saturated carbocycles. The highest BCUT2D eigenvalue weighted by atomic mass is 32.2. The summed E-state index contributed by atoms with van der Waals surface area (Å²) in [5, 5.41) is -0.469. The van der Waals surface area contributed by atoms with Crippen molar-refractivity contribution in [2.24, 2.45) is 5.92 Å². The van der Waals surface area contributed by atoms with E-state index in [0.717, 1.165) is 38.8 Å². The van der Waals surface area contributed by atoms with E-state index in [2.05, 4.69) is 24.3 Å². The lowest BCUT2D eigenvalue weighted by molar-refractivity contribution is 0.0687. The van der Waals surface area contributed by atoms with E-state index in [9.17, 15) is 13.2 Å². The van der Waals surface area contributed by atoms with Crippen molar-refractivity contribution in [2.45, 2.75) is 49.7 Å². The van der Waals surface area contributed by atoms with Crippen molar-refractivity contribution >= 4 is 15.7 Å². The lowest BCUT2D eigenvalue weighted by atomic mass is 9.90. The van der Waals surface area contributed by atoms with Crippen LogP contribution in [-0.4, -0.2) is 37.6 Å². The van der Waals surface area contributed by atoms with Gasteiger partial charge in [-0.05, 0) is 75.3 Å². The molecular weight excluding hydrogens is 370 g/mol. The molecule has 1 saturated heterocycles. The summed E-state index contributed by atoms with van der Waals surface area (Å²) < 4.78 is 24.4. The molecule has 0 aliphatic carbocycles. The van der Waals surface area contributed by atoms with Crippen LogP contribution in [-0.2, 0) is 16.3 Å². The summed E-state index contributed by atoms with van der Waals surface area (Å²) in [4.78, 5) is 14.9. The molecule has 1 fully saturated rings. The predicted octanol–water partition coefficient (Wildman–Crippen LogP) is 4.35. The highest BCUT2D eigenvalue weighted by molar-refractivity contribution is 7.92. The molecule has 1 aliphatic rings. The van der Waals surface area contributed by atoms with Gasteiger partial charge in [0.1, 0.15) is 0 Å². The van der Waals surface area contributed by atoms with Crippen molar-refractivity contribution < 1.29 is 13.2 Å². The Labute approximate surface area is 168 Å². The number of amides is 1. The van der Waals surface area contributed by atoms with Gasteiger partial charge >= 0.3 is 0 Å². The molecule has 2 aromatic carbocycles. The fraction of sp³-hybridized carbons (Fsp3) is 0.435. The number of likely N-dealkylation sites (tertiary alicyclic amines) is 1. The van der Waals surface area contributed by atoms with Crippen LogP contribution >= 0.6 is 0 Å². The molecule has 0 aromatic heterocycles. The third-order valence-electron chi connectivity index (χ3n) is 5.64. The van der Waals surface area contributed by atoms with Gasteiger partial charge in [0.05, 0.1) is 10.1 Å². The molecule has 1 heterocycles. The summed E-state index contributed by atoms with van der Waals surface area (Å²) in [6.45, 7) is 4.86. The van der Waals surface area contributed by atoms with Gasteiger partial charge in [-0.2, -0.15) is 0 Å². The first kappa shape index (κ1) is 20.6. The van der Waals surface area contributed by atoms with Gasteiger partial charge in [0.15, 0.2) is 9.84 Å². The summed E-state index contributed by atoms with van der Waals surface area (Å²) in [5.41, 5.74) is 1.93. The molecule has 28 heavy (non-hydrogen) atoms. The maximum absolute atomic E-state index is 12.8. The molecule has 0 N–H and O–H groups in total. The van der Waals surface area contributed by atoms with Crippen LogP contribution in [0, 0.1) is 5.92 Å². The van der Waals surface area contributed by atoms with Crippen LogP contribution < -0.4 is 0 Å². The van der Waals surface area contributed by atoms with Crippen LogP contribution in [0.5, 0.6) is 0 Å². The third kappa shape index (κ3) is 4.82. The second-order valence-electron chi connectivity index (χ2n) is 7.88. The van der Waals surface area contributed by atoms with E-state index in [1.165, 1.54) is 5.56 Å². The Morgan fingerprint density at radius 2 is 1.61 bits per heavy atom. The van der Waals surface area contributed by atoms with Crippen LogP contribution in [0.25, 0.3) is 0 Å². The van der Waals surface area contributed by atoms with Crippen LogP contribution in [0.15, 0.2) is 59.5 Å². The van der Waals surface area contributed by atoms with Crippen LogP contribution in [0.4, 0.5) is 0 Å². The van der Waals surface area contributed by atoms with Gasteiger partial charge in [-0.1, -0.05) is 30.3 Å². The number of rotatable bonds is 6. The Hall–Kier alpha value is -2.14. The molecule has 0 radical (unpaired) electrons. The lowest BCUT2D eigenvalue weighted by Gasteiger charge is -2.32. The zero-order valence-electron chi connectivity index (χ0n) is 16.7. The van der Waals surface area contributed by atoms with Gasteiger partial charge in [0.2, 0.25) is 0 Å². The first-order chi connectivity index (χ1) is 13.4. The second kappa shape index (κ2) is 8.91. The minimum Gasteiger partial charge on any atom is -0.339 e. The summed E-state index contributed by atoms with van der Waals surface area (Å²) >= 11 is 0. The van der Waals surface area contributed by atoms with Gasteiger partial charge in [-0.15, -0.1) is 0 Å². The van der Waals surface area contributed by atoms with E-state index >= 15 is 0 Å². The smallest absolute Gasteiger partial charge is 0.253 e. The number of carbonyl (C=O) groups excluding carboxylic acids is 1. The lowest BCUT2D eigenvalue weighted by Crippen LogP contribution is -2.38. The Bertz CT molecular complexity index is 881. The van der Waals surface area contributed by atoms with Crippen LogP contribution in [0.1, 0.15) is 49.0 Å². The summed E-state index contributed by atoms with van der Waals surface area (Å²) in [6, 6.07) is 16.9. The van der Waals surface area contributed by atoms with E-state index in [4.69, 9.17) is 0 Å². The van der Waals surface area contributed by atoms with E-state index in [1.807, 2.05) is 11.0 Å². The van der Waals surface area contributed by atoms with Crippen molar-refractivity contribution in [1.29, 1.82) is 0 Å². The highest BCUT2D eigenvalue weighted by Gasteiger charge is 2.24. The normalized spacial score (nSPS) is 15.8. The maximum Gasteiger partial charge on any atom is 0.253 e. The molecule has 5 heteroatoms. The average Bonchev–Trinajstić information content (AvgIpc) is 2.73. The summed E-state index contributed by atoms with van der Waals surface area (Å²) in [6.07, 6.45) is 4.30. The van der Waals surface area contributed by atoms with Crippen molar-refractivity contribution in [3.8, 4) is 0 Å². The Morgan fingerprint density at radius 1 is 1.00 bits per heavy atom. The first-order valence-electron chi connectivity index (χ1n) is 10.0. The van der Waals surface area contributed by atoms with Gasteiger partial charge in [-0.25, -0.2) is 8.42 Å². The number of hydrogen-bond acceptors (Lipinski definition) is 3. The average molecular weight is 400 g/mol. The molecule has 1 aliphatic heterocycles. The Balaban J connectivity index is 1.53. The van der Waals surface area contributed by atoms with E-state index in [-0.39, 0.29) is 10.8 Å². The van der Waals surface area contributed by atoms with Gasteiger partial charge in [0, 0.05) is 18.7 Å². The van der Waals surface area contributed by atoms with Crippen molar-refractivity contribution in [3.05, 3.63) is 65.7 Å². The predicted molar refractivity (Wildman–Crippen MR) is 112 cm³/mol. The number of piperidine rings is 1. The Kier molecular flexibility index (Phi) is 6.55. The fourth-order valence-electron chi connectivity index (χ4n) is 3.68. The largest absolute Gasteiger partial charge is 0.339 e. The second-order valence-corrected chi connectivity index (χ2v) is 10.4. The van der Waals surface area contributed by atoms with E-state index in [0.29, 0.717) is 11.5 Å². The Morgan fingerprint density at radius 3 is 2.18 bits per heavy atom. The van der Waals surface area contributed by atoms with Gasteiger partial charge < -0.3 is 4.90 Å². The zero-order chi connectivity index (χ0) is 20.1. The number of hydrogen-bond donors (Lipinski definition) is 0. The molecule has 0 atom stereocenters. The standard InChI is InChI=1S/C23H29NO3S/c1-18(2)28(26,27)22-12-10-21(11-13-22)23(25)24-16-14-20(15-17-24)9-8-19-6-4-3-5-7-19/h3-7,10-13,18,20H,8-9,14-17H2,1-2H3. The number of aryl methyl sites for hydroxylation is 1. The fourth-order valence-corrected chi connectivity index (χ4v) is 4.74. The molecule has 150 valence electrons. The van der Waals surface area contributed by atoms with E-state index in [1.54, 1.807) is 38.1 Å². The van der Waals surface area contributed by atoms with Crippen LogP contribution in [0.2, 0.25) is 0 Å². The monoisotopic (exact) mass is 399 g/mol. The molecule has 2 aromatic rings.